The van der Waals surface area contributed by atoms with Gasteiger partial charge in [-0.2, -0.15) is 0 Å². The molecular formula is C12H20O3. The maximum absolute atomic E-state index is 12.0. The van der Waals surface area contributed by atoms with Crippen LogP contribution in [0.4, 0.5) is 0 Å². The number of rotatable bonds is 2. The lowest BCUT2D eigenvalue weighted by Gasteiger charge is -2.21. The summed E-state index contributed by atoms with van der Waals surface area (Å²) in [5, 5.41) is 8.97. The first kappa shape index (κ1) is 12.2. The molecule has 1 N–H and O–H groups in total. The van der Waals surface area contributed by atoms with Crippen LogP contribution >= 0.6 is 0 Å². The van der Waals surface area contributed by atoms with Crippen LogP contribution in [0.1, 0.15) is 40.5 Å². The number of hydrogen-bond acceptors (Lipinski definition) is 2. The van der Waals surface area contributed by atoms with Crippen molar-refractivity contribution >= 4 is 11.8 Å². The summed E-state index contributed by atoms with van der Waals surface area (Å²) in [6, 6.07) is 0. The van der Waals surface area contributed by atoms with Crippen molar-refractivity contribution in [2.45, 2.75) is 40.5 Å². The summed E-state index contributed by atoms with van der Waals surface area (Å²) >= 11 is 0. The van der Waals surface area contributed by atoms with Gasteiger partial charge in [0.05, 0.1) is 5.92 Å². The molecule has 0 bridgehead atoms. The lowest BCUT2D eigenvalue weighted by molar-refractivity contribution is -0.142. The highest BCUT2D eigenvalue weighted by atomic mass is 16.4. The van der Waals surface area contributed by atoms with E-state index in [2.05, 4.69) is 0 Å². The minimum Gasteiger partial charge on any atom is -0.481 e. The van der Waals surface area contributed by atoms with Crippen LogP contribution in [0.5, 0.6) is 0 Å². The monoisotopic (exact) mass is 212 g/mol. The summed E-state index contributed by atoms with van der Waals surface area (Å²) in [7, 11) is 0. The molecule has 1 rings (SSSR count). The van der Waals surface area contributed by atoms with E-state index in [1.807, 2.05) is 27.7 Å². The Labute approximate surface area is 90.9 Å². The quantitative estimate of drug-likeness (QED) is 0.764. The van der Waals surface area contributed by atoms with Crippen LogP contribution in [0.2, 0.25) is 0 Å². The fourth-order valence-electron chi connectivity index (χ4n) is 2.42. The number of hydrogen-bond donors (Lipinski definition) is 1. The van der Waals surface area contributed by atoms with Crippen LogP contribution < -0.4 is 0 Å². The summed E-state index contributed by atoms with van der Waals surface area (Å²) in [5.41, 5.74) is -0.349. The van der Waals surface area contributed by atoms with Crippen LogP contribution in [0.15, 0.2) is 0 Å². The highest BCUT2D eigenvalue weighted by Gasteiger charge is 2.41. The van der Waals surface area contributed by atoms with Gasteiger partial charge in [-0.25, -0.2) is 0 Å². The zero-order chi connectivity index (χ0) is 11.8. The Morgan fingerprint density at radius 3 is 2.07 bits per heavy atom. The Kier molecular flexibility index (Phi) is 3.22. The Morgan fingerprint density at radius 1 is 1.20 bits per heavy atom. The SMILES string of the molecule is CC1CC(C(=O)C(C)(C)C)CC1C(=O)O. The second-order valence-electron chi connectivity index (χ2n) is 5.70. The number of carbonyl (C=O) groups excluding carboxylic acids is 1. The summed E-state index contributed by atoms with van der Waals surface area (Å²) in [6.45, 7) is 7.62. The van der Waals surface area contributed by atoms with Crippen molar-refractivity contribution < 1.29 is 14.7 Å². The molecule has 3 nitrogen and oxygen atoms in total. The Morgan fingerprint density at radius 2 is 1.73 bits per heavy atom. The first-order chi connectivity index (χ1) is 6.73. The number of ketones is 1. The van der Waals surface area contributed by atoms with Crippen molar-refractivity contribution in [3.8, 4) is 0 Å². The molecule has 3 heteroatoms. The van der Waals surface area contributed by atoms with Gasteiger partial charge in [0.1, 0.15) is 5.78 Å². The highest BCUT2D eigenvalue weighted by Crippen LogP contribution is 2.39. The van der Waals surface area contributed by atoms with E-state index in [-0.39, 0.29) is 29.0 Å². The van der Waals surface area contributed by atoms with E-state index in [0.29, 0.717) is 6.42 Å². The highest BCUT2D eigenvalue weighted by molar-refractivity contribution is 5.87. The van der Waals surface area contributed by atoms with E-state index in [0.717, 1.165) is 6.42 Å². The maximum Gasteiger partial charge on any atom is 0.306 e. The molecule has 0 heterocycles. The molecule has 1 aliphatic rings. The van der Waals surface area contributed by atoms with Gasteiger partial charge in [0, 0.05) is 11.3 Å². The summed E-state index contributed by atoms with van der Waals surface area (Å²) in [6.07, 6.45) is 1.25. The third-order valence-electron chi connectivity index (χ3n) is 3.31. The van der Waals surface area contributed by atoms with Crippen LogP contribution in [-0.2, 0) is 9.59 Å². The summed E-state index contributed by atoms with van der Waals surface area (Å²) in [5.74, 6) is -0.814. The number of aliphatic carboxylic acids is 1. The third-order valence-corrected chi connectivity index (χ3v) is 3.31. The van der Waals surface area contributed by atoms with E-state index in [9.17, 15) is 9.59 Å². The molecular weight excluding hydrogens is 192 g/mol. The van der Waals surface area contributed by atoms with Crippen LogP contribution in [0, 0.1) is 23.2 Å². The van der Waals surface area contributed by atoms with Crippen LogP contribution in [0.3, 0.4) is 0 Å². The molecule has 0 aromatic heterocycles. The van der Waals surface area contributed by atoms with Gasteiger partial charge in [0.25, 0.3) is 0 Å². The van der Waals surface area contributed by atoms with Crippen molar-refractivity contribution in [3.05, 3.63) is 0 Å². The van der Waals surface area contributed by atoms with Gasteiger partial charge in [-0.05, 0) is 18.8 Å². The van der Waals surface area contributed by atoms with Crippen molar-refractivity contribution in [1.29, 1.82) is 0 Å². The number of carboxylic acid groups (broad SMARTS) is 1. The number of carboxylic acids is 1. The molecule has 1 fully saturated rings. The van der Waals surface area contributed by atoms with E-state index < -0.39 is 5.97 Å². The van der Waals surface area contributed by atoms with Crippen molar-refractivity contribution in [3.63, 3.8) is 0 Å². The summed E-state index contributed by atoms with van der Waals surface area (Å²) < 4.78 is 0. The van der Waals surface area contributed by atoms with Gasteiger partial charge in [0.15, 0.2) is 0 Å². The van der Waals surface area contributed by atoms with Gasteiger partial charge in [-0.1, -0.05) is 27.7 Å². The second kappa shape index (κ2) is 3.95. The van der Waals surface area contributed by atoms with Crippen molar-refractivity contribution in [2.24, 2.45) is 23.2 Å². The van der Waals surface area contributed by atoms with Crippen molar-refractivity contribution in [1.82, 2.24) is 0 Å². The molecule has 3 unspecified atom stereocenters. The fraction of sp³-hybridized carbons (Fsp3) is 0.833. The lowest BCUT2D eigenvalue weighted by Crippen LogP contribution is -2.27. The molecule has 0 saturated heterocycles. The molecule has 0 amide bonds. The Hall–Kier alpha value is -0.860. The van der Waals surface area contributed by atoms with Crippen molar-refractivity contribution in [2.75, 3.05) is 0 Å². The molecule has 15 heavy (non-hydrogen) atoms. The average molecular weight is 212 g/mol. The summed E-state index contributed by atoms with van der Waals surface area (Å²) in [4.78, 5) is 22.9. The standard InChI is InChI=1S/C12H20O3/c1-7-5-8(6-9(7)11(14)15)10(13)12(2,3)4/h7-9H,5-6H2,1-4H3,(H,14,15). The number of carbonyl (C=O) groups is 2. The average Bonchev–Trinajstić information content (AvgIpc) is 2.44. The van der Waals surface area contributed by atoms with Gasteiger partial charge in [-0.3, -0.25) is 9.59 Å². The molecule has 0 radical (unpaired) electrons. The molecule has 0 aromatic rings. The van der Waals surface area contributed by atoms with E-state index >= 15 is 0 Å². The Balaban J connectivity index is 2.71. The molecule has 86 valence electrons. The van der Waals surface area contributed by atoms with Gasteiger partial charge < -0.3 is 5.11 Å². The van der Waals surface area contributed by atoms with Gasteiger partial charge in [0.2, 0.25) is 0 Å². The molecule has 3 atom stereocenters. The lowest BCUT2D eigenvalue weighted by atomic mass is 9.82. The maximum atomic E-state index is 12.0. The predicted octanol–water partition coefficient (Wildman–Crippen LogP) is 2.35. The van der Waals surface area contributed by atoms with E-state index in [4.69, 9.17) is 5.11 Å². The molecule has 0 aliphatic heterocycles. The molecule has 1 saturated carbocycles. The zero-order valence-corrected chi connectivity index (χ0v) is 9.91. The third kappa shape index (κ3) is 2.58. The zero-order valence-electron chi connectivity index (χ0n) is 9.91. The van der Waals surface area contributed by atoms with Crippen LogP contribution in [0.25, 0.3) is 0 Å². The van der Waals surface area contributed by atoms with E-state index in [1.165, 1.54) is 0 Å². The fourth-order valence-corrected chi connectivity index (χ4v) is 2.42. The van der Waals surface area contributed by atoms with Crippen LogP contribution in [-0.4, -0.2) is 16.9 Å². The minimum atomic E-state index is -0.758. The smallest absolute Gasteiger partial charge is 0.306 e. The Bertz CT molecular complexity index is 275. The van der Waals surface area contributed by atoms with Gasteiger partial charge in [-0.15, -0.1) is 0 Å². The molecule has 0 spiro atoms. The number of Topliss-reactive ketones (excluding diaryl/α,β-unsaturated/α-hetero) is 1. The topological polar surface area (TPSA) is 54.4 Å². The minimum absolute atomic E-state index is 0.0545. The molecule has 1 aliphatic carbocycles. The normalized spacial score (nSPS) is 31.6. The largest absolute Gasteiger partial charge is 0.481 e. The second-order valence-corrected chi connectivity index (χ2v) is 5.70. The first-order valence-electron chi connectivity index (χ1n) is 5.50. The molecule has 0 aromatic carbocycles. The van der Waals surface area contributed by atoms with E-state index in [1.54, 1.807) is 0 Å². The predicted molar refractivity (Wildman–Crippen MR) is 57.5 cm³/mol. The first-order valence-corrected chi connectivity index (χ1v) is 5.50. The van der Waals surface area contributed by atoms with Gasteiger partial charge >= 0.3 is 5.97 Å².